The van der Waals surface area contributed by atoms with Crippen molar-refractivity contribution >= 4 is 28.4 Å². The fourth-order valence-corrected chi connectivity index (χ4v) is 2.34. The number of rotatable bonds is 0. The molecule has 2 aliphatic heterocycles. The molecule has 2 nitrogen and oxygen atoms in total. The van der Waals surface area contributed by atoms with Crippen molar-refractivity contribution in [3.8, 4) is 0 Å². The summed E-state index contributed by atoms with van der Waals surface area (Å²) in [5.74, 6) is 1.09. The van der Waals surface area contributed by atoms with Gasteiger partial charge < -0.3 is 4.74 Å². The van der Waals surface area contributed by atoms with Crippen molar-refractivity contribution in [1.29, 1.82) is 0 Å². The van der Waals surface area contributed by atoms with Crippen LogP contribution in [-0.2, 0) is 9.53 Å². The van der Waals surface area contributed by atoms with Gasteiger partial charge in [-0.25, -0.2) is 0 Å². The van der Waals surface area contributed by atoms with Gasteiger partial charge in [-0.2, -0.15) is 0 Å². The molecule has 0 aromatic heterocycles. The molecule has 0 aromatic rings. The summed E-state index contributed by atoms with van der Waals surface area (Å²) < 4.78 is 6.75. The quantitative estimate of drug-likeness (QED) is 0.508. The Morgan fingerprint density at radius 1 is 1.50 bits per heavy atom. The van der Waals surface area contributed by atoms with E-state index in [1.54, 1.807) is 6.08 Å². The van der Waals surface area contributed by atoms with Crippen LogP contribution in [0.1, 0.15) is 19.3 Å². The summed E-state index contributed by atoms with van der Waals surface area (Å²) >= 11 is 2.19. The Morgan fingerprint density at radius 2 is 2.29 bits per heavy atom. The second-order valence-electron chi connectivity index (χ2n) is 3.62. The van der Waals surface area contributed by atoms with Gasteiger partial charge in [-0.05, 0) is 34.7 Å². The summed E-state index contributed by atoms with van der Waals surface area (Å²) in [7, 11) is 0. The molecule has 1 saturated heterocycles. The van der Waals surface area contributed by atoms with Crippen LogP contribution in [-0.4, -0.2) is 11.9 Å². The average molecular weight is 302 g/mol. The normalized spacial score (nSPS) is 34.5. The number of hydrogen-bond acceptors (Lipinski definition) is 2. The summed E-state index contributed by atoms with van der Waals surface area (Å²) in [6.07, 6.45) is 5.56. The molecule has 14 heavy (non-hydrogen) atoms. The highest BCUT2D eigenvalue weighted by Crippen LogP contribution is 2.33. The van der Waals surface area contributed by atoms with Crippen molar-refractivity contribution in [2.24, 2.45) is 0 Å². The zero-order chi connectivity index (χ0) is 10.1. The van der Waals surface area contributed by atoms with Crippen molar-refractivity contribution in [3.63, 3.8) is 0 Å². The lowest BCUT2D eigenvalue weighted by Crippen LogP contribution is -2.19. The number of allylic oxidation sites excluding steroid dienone is 3. The van der Waals surface area contributed by atoms with Gasteiger partial charge in [-0.15, -0.1) is 0 Å². The first kappa shape index (κ1) is 9.96. The fraction of sp³-hybridized carbons (Fsp3) is 0.364. The second kappa shape index (κ2) is 3.88. The summed E-state index contributed by atoms with van der Waals surface area (Å²) in [4.78, 5) is 11.4. The van der Waals surface area contributed by atoms with Crippen molar-refractivity contribution in [3.05, 3.63) is 33.6 Å². The maximum absolute atomic E-state index is 11.4. The SMILES string of the molecule is C=C1C/C2=C(\I)CC(=O)/C=C\C(C1)O2. The van der Waals surface area contributed by atoms with Crippen LogP contribution in [0.25, 0.3) is 0 Å². The second-order valence-corrected chi connectivity index (χ2v) is 4.92. The van der Waals surface area contributed by atoms with E-state index in [4.69, 9.17) is 4.74 Å². The van der Waals surface area contributed by atoms with Crippen LogP contribution in [0.2, 0.25) is 0 Å². The maximum atomic E-state index is 11.4. The largest absolute Gasteiger partial charge is 0.489 e. The molecule has 1 atom stereocenters. The number of ketones is 1. The lowest BCUT2D eigenvalue weighted by molar-refractivity contribution is -0.114. The third-order valence-electron chi connectivity index (χ3n) is 2.32. The lowest BCUT2D eigenvalue weighted by Gasteiger charge is -2.27. The standard InChI is InChI=1S/C11H11IO2/c1-7-4-9-3-2-8(13)6-10(12)11(5-7)14-9/h2-3,9H,1,4-6H2/b3-2-,11-10+. The van der Waals surface area contributed by atoms with Gasteiger partial charge in [0.25, 0.3) is 0 Å². The molecule has 2 rings (SSSR count). The first-order valence-electron chi connectivity index (χ1n) is 4.57. The van der Waals surface area contributed by atoms with Gasteiger partial charge in [0.15, 0.2) is 5.78 Å². The van der Waals surface area contributed by atoms with E-state index in [1.807, 2.05) is 6.08 Å². The molecule has 2 bridgehead atoms. The van der Waals surface area contributed by atoms with Crippen LogP contribution < -0.4 is 0 Å². The van der Waals surface area contributed by atoms with E-state index in [9.17, 15) is 4.79 Å². The number of carbonyl (C=O) groups excluding carboxylic acids is 1. The highest BCUT2D eigenvalue weighted by Gasteiger charge is 2.23. The molecule has 0 radical (unpaired) electrons. The molecule has 3 heteroatoms. The minimum Gasteiger partial charge on any atom is -0.489 e. The number of fused-ring (bicyclic) bond motifs is 2. The van der Waals surface area contributed by atoms with E-state index in [0.29, 0.717) is 6.42 Å². The topological polar surface area (TPSA) is 26.3 Å². The van der Waals surface area contributed by atoms with E-state index >= 15 is 0 Å². The molecule has 2 heterocycles. The summed E-state index contributed by atoms with van der Waals surface area (Å²) in [6.45, 7) is 3.99. The molecule has 0 N–H and O–H groups in total. The van der Waals surface area contributed by atoms with E-state index in [-0.39, 0.29) is 11.9 Å². The van der Waals surface area contributed by atoms with Crippen molar-refractivity contribution < 1.29 is 9.53 Å². The molecule has 74 valence electrons. The van der Waals surface area contributed by atoms with Gasteiger partial charge in [0, 0.05) is 22.8 Å². The summed E-state index contributed by atoms with van der Waals surface area (Å²) in [5, 5.41) is 0. The third-order valence-corrected chi connectivity index (χ3v) is 3.31. The van der Waals surface area contributed by atoms with Gasteiger partial charge in [0.2, 0.25) is 0 Å². The van der Waals surface area contributed by atoms with E-state index in [2.05, 4.69) is 29.2 Å². The number of halogens is 1. The van der Waals surface area contributed by atoms with Crippen LogP contribution in [0.15, 0.2) is 33.6 Å². The molecule has 1 fully saturated rings. The first-order chi connectivity index (χ1) is 6.65. The van der Waals surface area contributed by atoms with Gasteiger partial charge in [0.1, 0.15) is 11.9 Å². The van der Waals surface area contributed by atoms with Gasteiger partial charge in [-0.3, -0.25) is 4.79 Å². The molecule has 1 unspecified atom stereocenters. The Labute approximate surface area is 96.8 Å². The van der Waals surface area contributed by atoms with Gasteiger partial charge in [-0.1, -0.05) is 12.2 Å². The highest BCUT2D eigenvalue weighted by atomic mass is 127. The van der Waals surface area contributed by atoms with Crippen molar-refractivity contribution in [2.45, 2.75) is 25.4 Å². The van der Waals surface area contributed by atoms with Gasteiger partial charge >= 0.3 is 0 Å². The first-order valence-corrected chi connectivity index (χ1v) is 5.65. The smallest absolute Gasteiger partial charge is 0.160 e. The molecule has 0 spiro atoms. The Kier molecular flexibility index (Phi) is 2.76. The zero-order valence-electron chi connectivity index (χ0n) is 7.75. The van der Waals surface area contributed by atoms with Crippen LogP contribution in [0.5, 0.6) is 0 Å². The minimum atomic E-state index is 0.0141. The predicted molar refractivity (Wildman–Crippen MR) is 63.1 cm³/mol. The number of ether oxygens (including phenoxy) is 1. The highest BCUT2D eigenvalue weighted by molar-refractivity contribution is 14.1. The van der Waals surface area contributed by atoms with Crippen LogP contribution in [0.3, 0.4) is 0 Å². The predicted octanol–water partition coefficient (Wildman–Crippen LogP) is 2.90. The van der Waals surface area contributed by atoms with Crippen LogP contribution in [0.4, 0.5) is 0 Å². The number of carbonyl (C=O) groups is 1. The van der Waals surface area contributed by atoms with Crippen molar-refractivity contribution in [2.75, 3.05) is 0 Å². The van der Waals surface area contributed by atoms with E-state index in [1.165, 1.54) is 5.57 Å². The Bertz CT molecular complexity index is 352. The maximum Gasteiger partial charge on any atom is 0.160 e. The Hall–Kier alpha value is -0.580. The molecule has 0 aromatic carbocycles. The van der Waals surface area contributed by atoms with E-state index in [0.717, 1.165) is 22.2 Å². The molecular formula is C11H11IO2. The fourth-order valence-electron chi connectivity index (χ4n) is 1.64. The minimum absolute atomic E-state index is 0.0141. The summed E-state index contributed by atoms with van der Waals surface area (Å²) in [6, 6.07) is 0. The molecule has 0 amide bonds. The Balaban J connectivity index is 2.33. The van der Waals surface area contributed by atoms with E-state index < -0.39 is 0 Å². The van der Waals surface area contributed by atoms with Crippen molar-refractivity contribution in [1.82, 2.24) is 0 Å². The summed E-state index contributed by atoms with van der Waals surface area (Å²) in [5.41, 5.74) is 1.18. The monoisotopic (exact) mass is 302 g/mol. The van der Waals surface area contributed by atoms with Crippen LogP contribution >= 0.6 is 22.6 Å². The third kappa shape index (κ3) is 2.08. The van der Waals surface area contributed by atoms with Gasteiger partial charge in [0.05, 0.1) is 0 Å². The lowest BCUT2D eigenvalue weighted by atomic mass is 9.99. The number of hydrogen-bond donors (Lipinski definition) is 0. The Morgan fingerprint density at radius 3 is 3.07 bits per heavy atom. The molecular weight excluding hydrogens is 291 g/mol. The van der Waals surface area contributed by atoms with Crippen LogP contribution in [0, 0.1) is 0 Å². The zero-order valence-corrected chi connectivity index (χ0v) is 9.91. The average Bonchev–Trinajstić information content (AvgIpc) is 2.12. The molecule has 0 aliphatic carbocycles. The molecule has 0 saturated carbocycles. The molecule has 2 aliphatic rings.